The summed E-state index contributed by atoms with van der Waals surface area (Å²) < 4.78 is 3.30. The first-order valence-corrected chi connectivity index (χ1v) is 6.38. The standard InChI is InChI=1S/C8H6Br2N2OS/c1-2-12-3-11-7-4(8(12)13)5(9)6(10)14-7/h3H,2H2,1H3. The Morgan fingerprint density at radius 3 is 2.93 bits per heavy atom. The number of nitrogens with zero attached hydrogens (tertiary/aromatic N) is 2. The van der Waals surface area contributed by atoms with Gasteiger partial charge < -0.3 is 0 Å². The van der Waals surface area contributed by atoms with Gasteiger partial charge in [-0.3, -0.25) is 9.36 Å². The fourth-order valence-electron chi connectivity index (χ4n) is 1.19. The third-order valence-corrected chi connectivity index (χ3v) is 5.28. The van der Waals surface area contributed by atoms with Crippen molar-refractivity contribution in [2.75, 3.05) is 0 Å². The lowest BCUT2D eigenvalue weighted by atomic mass is 10.4. The maximum atomic E-state index is 11.9. The quantitative estimate of drug-likeness (QED) is 0.801. The summed E-state index contributed by atoms with van der Waals surface area (Å²) in [5.74, 6) is 0. The van der Waals surface area contributed by atoms with Gasteiger partial charge in [-0.05, 0) is 38.8 Å². The van der Waals surface area contributed by atoms with E-state index in [-0.39, 0.29) is 5.56 Å². The van der Waals surface area contributed by atoms with Gasteiger partial charge in [-0.15, -0.1) is 11.3 Å². The van der Waals surface area contributed by atoms with Crippen LogP contribution in [0.3, 0.4) is 0 Å². The van der Waals surface area contributed by atoms with Crippen molar-refractivity contribution in [2.24, 2.45) is 0 Å². The Morgan fingerprint density at radius 1 is 1.57 bits per heavy atom. The lowest BCUT2D eigenvalue weighted by Crippen LogP contribution is -2.18. The average Bonchev–Trinajstić information content (AvgIpc) is 2.44. The molecule has 0 aliphatic carbocycles. The number of thiophene rings is 1. The van der Waals surface area contributed by atoms with Crippen molar-refractivity contribution in [3.8, 4) is 0 Å². The number of rotatable bonds is 1. The molecule has 0 fully saturated rings. The maximum absolute atomic E-state index is 11.9. The molecule has 0 amide bonds. The highest BCUT2D eigenvalue weighted by Crippen LogP contribution is 2.36. The van der Waals surface area contributed by atoms with Gasteiger partial charge in [0.25, 0.3) is 5.56 Å². The second-order valence-electron chi connectivity index (χ2n) is 2.71. The van der Waals surface area contributed by atoms with Crippen LogP contribution in [0.1, 0.15) is 6.92 Å². The van der Waals surface area contributed by atoms with E-state index >= 15 is 0 Å². The van der Waals surface area contributed by atoms with Crippen molar-refractivity contribution < 1.29 is 0 Å². The molecule has 0 aliphatic heterocycles. The van der Waals surface area contributed by atoms with E-state index in [1.54, 1.807) is 10.9 Å². The van der Waals surface area contributed by atoms with Crippen LogP contribution in [0.4, 0.5) is 0 Å². The minimum atomic E-state index is 0.00586. The molecule has 0 saturated carbocycles. The molecule has 2 aromatic rings. The molecule has 2 rings (SSSR count). The monoisotopic (exact) mass is 336 g/mol. The predicted octanol–water partition coefficient (Wildman–Crippen LogP) is 3.00. The molecular formula is C8H6Br2N2OS. The zero-order valence-corrected chi connectivity index (χ0v) is 11.2. The number of fused-ring (bicyclic) bond motifs is 1. The van der Waals surface area contributed by atoms with E-state index in [2.05, 4.69) is 36.8 Å². The Morgan fingerprint density at radius 2 is 2.29 bits per heavy atom. The summed E-state index contributed by atoms with van der Waals surface area (Å²) in [5, 5.41) is 0.659. The van der Waals surface area contributed by atoms with Crippen molar-refractivity contribution in [2.45, 2.75) is 13.5 Å². The van der Waals surface area contributed by atoms with Crippen LogP contribution in [0.15, 0.2) is 19.4 Å². The molecule has 0 aromatic carbocycles. The van der Waals surface area contributed by atoms with Crippen LogP contribution in [0.5, 0.6) is 0 Å². The van der Waals surface area contributed by atoms with E-state index in [1.165, 1.54) is 11.3 Å². The molecule has 0 unspecified atom stereocenters. The Bertz CT molecular complexity index is 546. The van der Waals surface area contributed by atoms with E-state index in [9.17, 15) is 4.79 Å². The summed E-state index contributed by atoms with van der Waals surface area (Å²) >= 11 is 8.21. The summed E-state index contributed by atoms with van der Waals surface area (Å²) in [4.78, 5) is 16.9. The first-order chi connectivity index (χ1) is 6.65. The van der Waals surface area contributed by atoms with Crippen molar-refractivity contribution in [3.63, 3.8) is 0 Å². The molecule has 0 radical (unpaired) electrons. The van der Waals surface area contributed by atoms with Crippen LogP contribution in [0, 0.1) is 0 Å². The fraction of sp³-hybridized carbons (Fsp3) is 0.250. The van der Waals surface area contributed by atoms with Gasteiger partial charge in [-0.25, -0.2) is 4.98 Å². The molecule has 0 spiro atoms. The molecule has 2 heterocycles. The van der Waals surface area contributed by atoms with Crippen molar-refractivity contribution in [3.05, 3.63) is 24.9 Å². The molecule has 6 heteroatoms. The summed E-state index contributed by atoms with van der Waals surface area (Å²) in [6.45, 7) is 2.56. The van der Waals surface area contributed by atoms with E-state index in [1.807, 2.05) is 6.92 Å². The van der Waals surface area contributed by atoms with E-state index in [0.29, 0.717) is 11.9 Å². The Labute approximate surface area is 101 Å². The SMILES string of the molecule is CCn1cnc2sc(Br)c(Br)c2c1=O. The summed E-state index contributed by atoms with van der Waals surface area (Å²) in [7, 11) is 0. The van der Waals surface area contributed by atoms with Gasteiger partial charge in [0.2, 0.25) is 0 Å². The van der Waals surface area contributed by atoms with Crippen LogP contribution < -0.4 is 5.56 Å². The number of aromatic nitrogens is 2. The summed E-state index contributed by atoms with van der Waals surface area (Å²) in [6, 6.07) is 0. The van der Waals surface area contributed by atoms with Crippen LogP contribution in [0.2, 0.25) is 0 Å². The van der Waals surface area contributed by atoms with Gasteiger partial charge in [0, 0.05) is 6.54 Å². The second kappa shape index (κ2) is 3.75. The van der Waals surface area contributed by atoms with Gasteiger partial charge >= 0.3 is 0 Å². The van der Waals surface area contributed by atoms with E-state index in [4.69, 9.17) is 0 Å². The third-order valence-electron chi connectivity index (χ3n) is 1.92. The highest BCUT2D eigenvalue weighted by molar-refractivity contribution is 9.13. The molecule has 3 nitrogen and oxygen atoms in total. The minimum absolute atomic E-state index is 0.00586. The summed E-state index contributed by atoms with van der Waals surface area (Å²) in [6.07, 6.45) is 1.58. The zero-order valence-electron chi connectivity index (χ0n) is 7.25. The van der Waals surface area contributed by atoms with Gasteiger partial charge in [-0.2, -0.15) is 0 Å². The van der Waals surface area contributed by atoms with Crippen LogP contribution in [-0.4, -0.2) is 9.55 Å². The Kier molecular flexibility index (Phi) is 2.77. The molecule has 0 bridgehead atoms. The van der Waals surface area contributed by atoms with E-state index < -0.39 is 0 Å². The first kappa shape index (κ1) is 10.3. The zero-order chi connectivity index (χ0) is 10.3. The van der Waals surface area contributed by atoms with Gasteiger partial charge in [0.05, 0.1) is 20.0 Å². The Hall–Kier alpha value is -0.200. The Balaban J connectivity index is 2.94. The fourth-order valence-corrected chi connectivity index (χ4v) is 3.33. The molecule has 0 N–H and O–H groups in total. The largest absolute Gasteiger partial charge is 0.299 e. The van der Waals surface area contributed by atoms with Gasteiger partial charge in [0.1, 0.15) is 4.83 Å². The molecule has 14 heavy (non-hydrogen) atoms. The van der Waals surface area contributed by atoms with Crippen molar-refractivity contribution in [1.29, 1.82) is 0 Å². The number of hydrogen-bond acceptors (Lipinski definition) is 3. The van der Waals surface area contributed by atoms with Gasteiger partial charge in [0.15, 0.2) is 0 Å². The lowest BCUT2D eigenvalue weighted by Gasteiger charge is -1.99. The molecular weight excluding hydrogens is 332 g/mol. The van der Waals surface area contributed by atoms with Gasteiger partial charge in [-0.1, -0.05) is 0 Å². The van der Waals surface area contributed by atoms with Crippen LogP contribution in [-0.2, 0) is 6.54 Å². The van der Waals surface area contributed by atoms with Crippen LogP contribution in [0.25, 0.3) is 10.2 Å². The highest BCUT2D eigenvalue weighted by atomic mass is 79.9. The van der Waals surface area contributed by atoms with Crippen LogP contribution >= 0.6 is 43.2 Å². The lowest BCUT2D eigenvalue weighted by molar-refractivity contribution is 0.718. The molecule has 0 atom stereocenters. The molecule has 0 aliphatic rings. The normalized spacial score (nSPS) is 11.1. The smallest absolute Gasteiger partial charge is 0.263 e. The molecule has 0 saturated heterocycles. The molecule has 2 aromatic heterocycles. The minimum Gasteiger partial charge on any atom is -0.299 e. The summed E-state index contributed by atoms with van der Waals surface area (Å²) in [5.41, 5.74) is 0.00586. The second-order valence-corrected chi connectivity index (χ2v) is 5.82. The van der Waals surface area contributed by atoms with Crippen molar-refractivity contribution >= 4 is 53.4 Å². The molecule has 74 valence electrons. The predicted molar refractivity (Wildman–Crippen MR) is 65.0 cm³/mol. The number of halogens is 2. The van der Waals surface area contributed by atoms with E-state index in [0.717, 1.165) is 13.1 Å². The first-order valence-electron chi connectivity index (χ1n) is 3.98. The highest BCUT2D eigenvalue weighted by Gasteiger charge is 2.13. The van der Waals surface area contributed by atoms with Crippen molar-refractivity contribution in [1.82, 2.24) is 9.55 Å². The average molecular weight is 338 g/mol. The third kappa shape index (κ3) is 1.45. The number of aryl methyl sites for hydroxylation is 1. The topological polar surface area (TPSA) is 34.9 Å². The number of hydrogen-bond donors (Lipinski definition) is 0. The maximum Gasteiger partial charge on any atom is 0.263 e.